The van der Waals surface area contributed by atoms with Gasteiger partial charge in [-0.05, 0) is 33.6 Å². The van der Waals surface area contributed by atoms with E-state index < -0.39 is 0 Å². The van der Waals surface area contributed by atoms with Gasteiger partial charge in [-0.2, -0.15) is 5.26 Å². The molecule has 0 radical (unpaired) electrons. The molecule has 0 heterocycles. The van der Waals surface area contributed by atoms with Gasteiger partial charge < -0.3 is 5.73 Å². The van der Waals surface area contributed by atoms with Crippen LogP contribution in [0, 0.1) is 11.3 Å². The second-order valence-electron chi connectivity index (χ2n) is 2.64. The van der Waals surface area contributed by atoms with E-state index in [-0.39, 0.29) is 6.04 Å². The van der Waals surface area contributed by atoms with E-state index in [0.29, 0.717) is 11.4 Å². The highest BCUT2D eigenvalue weighted by Gasteiger charge is 2.06. The molecule has 2 nitrogen and oxygen atoms in total. The van der Waals surface area contributed by atoms with Crippen LogP contribution in [0.25, 0.3) is 0 Å². The minimum absolute atomic E-state index is 0.237. The van der Waals surface area contributed by atoms with Crippen molar-refractivity contribution >= 4 is 27.5 Å². The predicted molar refractivity (Wildman–Crippen MR) is 56.3 cm³/mol. The lowest BCUT2D eigenvalue weighted by atomic mass is 10.1. The maximum Gasteiger partial charge on any atom is 0.0641 e. The molecule has 0 bridgehead atoms. The maximum atomic E-state index is 8.45. The molecule has 0 aliphatic carbocycles. The number of halogens is 2. The number of benzene rings is 1. The molecule has 0 fully saturated rings. The smallest absolute Gasteiger partial charge is 0.0641 e. The molecule has 4 heteroatoms. The van der Waals surface area contributed by atoms with Gasteiger partial charge in [0, 0.05) is 10.5 Å². The predicted octanol–water partition coefficient (Wildman–Crippen LogP) is 3.02. The summed E-state index contributed by atoms with van der Waals surface area (Å²) in [7, 11) is 0. The van der Waals surface area contributed by atoms with Gasteiger partial charge in [0.05, 0.1) is 17.5 Å². The lowest BCUT2D eigenvalue weighted by Gasteiger charge is -2.08. The van der Waals surface area contributed by atoms with Crippen molar-refractivity contribution in [2.24, 2.45) is 5.73 Å². The molecular formula is C9H8BrClN2. The van der Waals surface area contributed by atoms with Crippen LogP contribution in [0.2, 0.25) is 5.02 Å². The van der Waals surface area contributed by atoms with Crippen molar-refractivity contribution < 1.29 is 0 Å². The van der Waals surface area contributed by atoms with Crippen LogP contribution in [-0.2, 0) is 0 Å². The van der Waals surface area contributed by atoms with E-state index in [2.05, 4.69) is 15.9 Å². The molecule has 0 saturated carbocycles. The van der Waals surface area contributed by atoms with Crippen LogP contribution in [0.4, 0.5) is 0 Å². The van der Waals surface area contributed by atoms with E-state index in [1.165, 1.54) is 0 Å². The highest BCUT2D eigenvalue weighted by atomic mass is 79.9. The number of hydrogen-bond acceptors (Lipinski definition) is 2. The summed E-state index contributed by atoms with van der Waals surface area (Å²) in [5, 5.41) is 9.10. The highest BCUT2D eigenvalue weighted by Crippen LogP contribution is 2.26. The van der Waals surface area contributed by atoms with E-state index in [9.17, 15) is 0 Å². The lowest BCUT2D eigenvalue weighted by molar-refractivity contribution is 0.748. The van der Waals surface area contributed by atoms with Crippen molar-refractivity contribution in [3.8, 4) is 6.07 Å². The first-order valence-electron chi connectivity index (χ1n) is 3.72. The summed E-state index contributed by atoms with van der Waals surface area (Å²) < 4.78 is 0.806. The third-order valence-electron chi connectivity index (χ3n) is 1.68. The number of nitrogens with zero attached hydrogens (tertiary/aromatic N) is 1. The first-order chi connectivity index (χ1) is 6.15. The molecule has 0 aliphatic heterocycles. The average molecular weight is 260 g/mol. The zero-order chi connectivity index (χ0) is 9.84. The minimum Gasteiger partial charge on any atom is -0.323 e. The fourth-order valence-corrected chi connectivity index (χ4v) is 1.47. The molecule has 1 aromatic rings. The van der Waals surface area contributed by atoms with Crippen molar-refractivity contribution in [1.29, 1.82) is 5.26 Å². The van der Waals surface area contributed by atoms with Gasteiger partial charge in [-0.1, -0.05) is 17.7 Å². The number of nitriles is 1. The Morgan fingerprint density at radius 3 is 2.85 bits per heavy atom. The maximum absolute atomic E-state index is 8.45. The van der Waals surface area contributed by atoms with Crippen LogP contribution in [-0.4, -0.2) is 0 Å². The Morgan fingerprint density at radius 2 is 2.31 bits per heavy atom. The van der Waals surface area contributed by atoms with Gasteiger partial charge in [-0.3, -0.25) is 0 Å². The zero-order valence-electron chi connectivity index (χ0n) is 6.80. The van der Waals surface area contributed by atoms with Crippen LogP contribution in [0.3, 0.4) is 0 Å². The molecule has 0 aromatic heterocycles. The Kier molecular flexibility index (Phi) is 3.73. The fourth-order valence-electron chi connectivity index (χ4n) is 0.959. The van der Waals surface area contributed by atoms with E-state index >= 15 is 0 Å². The molecule has 2 N–H and O–H groups in total. The molecule has 68 valence electrons. The Morgan fingerprint density at radius 1 is 1.62 bits per heavy atom. The Labute approximate surface area is 90.4 Å². The van der Waals surface area contributed by atoms with Gasteiger partial charge in [0.1, 0.15) is 0 Å². The summed E-state index contributed by atoms with van der Waals surface area (Å²) >= 11 is 9.10. The topological polar surface area (TPSA) is 49.8 Å². The quantitative estimate of drug-likeness (QED) is 0.887. The van der Waals surface area contributed by atoms with E-state index in [1.807, 2.05) is 18.2 Å². The van der Waals surface area contributed by atoms with Gasteiger partial charge in [0.2, 0.25) is 0 Å². The monoisotopic (exact) mass is 258 g/mol. The van der Waals surface area contributed by atoms with Gasteiger partial charge in [-0.25, -0.2) is 0 Å². The largest absolute Gasteiger partial charge is 0.323 e. The summed E-state index contributed by atoms with van der Waals surface area (Å²) in [5.74, 6) is 0. The van der Waals surface area contributed by atoms with Crippen LogP contribution < -0.4 is 5.73 Å². The molecule has 1 rings (SSSR count). The van der Waals surface area contributed by atoms with Crippen molar-refractivity contribution in [2.45, 2.75) is 12.5 Å². The normalized spacial score (nSPS) is 12.2. The van der Waals surface area contributed by atoms with Gasteiger partial charge in [-0.15, -0.1) is 0 Å². The molecule has 13 heavy (non-hydrogen) atoms. The first kappa shape index (κ1) is 10.5. The fraction of sp³-hybridized carbons (Fsp3) is 0.222. The van der Waals surface area contributed by atoms with Crippen LogP contribution in [0.15, 0.2) is 22.7 Å². The summed E-state index contributed by atoms with van der Waals surface area (Å²) in [5.41, 5.74) is 6.65. The van der Waals surface area contributed by atoms with Crippen molar-refractivity contribution in [3.63, 3.8) is 0 Å². The third kappa shape index (κ3) is 2.70. The van der Waals surface area contributed by atoms with Gasteiger partial charge in [0.25, 0.3) is 0 Å². The summed E-state index contributed by atoms with van der Waals surface area (Å²) in [6.45, 7) is 0. The summed E-state index contributed by atoms with van der Waals surface area (Å²) in [6.07, 6.45) is 0.314. The van der Waals surface area contributed by atoms with Crippen molar-refractivity contribution in [2.75, 3.05) is 0 Å². The highest BCUT2D eigenvalue weighted by molar-refractivity contribution is 9.10. The van der Waals surface area contributed by atoms with Crippen molar-refractivity contribution in [3.05, 3.63) is 33.3 Å². The van der Waals surface area contributed by atoms with E-state index in [1.54, 1.807) is 6.07 Å². The summed E-state index contributed by atoms with van der Waals surface area (Å²) in [6, 6.07) is 7.22. The zero-order valence-corrected chi connectivity index (χ0v) is 9.14. The lowest BCUT2D eigenvalue weighted by Crippen LogP contribution is -2.08. The SMILES string of the molecule is N#CC[C@H](N)c1ccc(Cl)c(Br)c1. The van der Waals surface area contributed by atoms with Crippen LogP contribution >= 0.6 is 27.5 Å². The van der Waals surface area contributed by atoms with Gasteiger partial charge in [0.15, 0.2) is 0 Å². The molecule has 1 atom stereocenters. The second kappa shape index (κ2) is 4.61. The second-order valence-corrected chi connectivity index (χ2v) is 3.90. The number of nitrogens with two attached hydrogens (primary N) is 1. The molecule has 0 saturated heterocycles. The van der Waals surface area contributed by atoms with Crippen molar-refractivity contribution in [1.82, 2.24) is 0 Å². The van der Waals surface area contributed by atoms with E-state index in [0.717, 1.165) is 10.0 Å². The standard InChI is InChI=1S/C9H8BrClN2/c10-7-5-6(1-2-8(7)11)9(13)3-4-12/h1-2,5,9H,3,13H2/t9-/m0/s1. The molecule has 0 unspecified atom stereocenters. The summed E-state index contributed by atoms with van der Waals surface area (Å²) in [4.78, 5) is 0. The molecular weight excluding hydrogens is 251 g/mol. The third-order valence-corrected chi connectivity index (χ3v) is 2.90. The molecule has 1 aromatic carbocycles. The van der Waals surface area contributed by atoms with Crippen LogP contribution in [0.1, 0.15) is 18.0 Å². The first-order valence-corrected chi connectivity index (χ1v) is 4.89. The Bertz CT molecular complexity index is 346. The molecule has 0 spiro atoms. The van der Waals surface area contributed by atoms with E-state index in [4.69, 9.17) is 22.6 Å². The Balaban J connectivity index is 2.91. The number of rotatable bonds is 2. The Hall–Kier alpha value is -0.560. The number of hydrogen-bond donors (Lipinski definition) is 1. The van der Waals surface area contributed by atoms with Crippen LogP contribution in [0.5, 0.6) is 0 Å². The molecule has 0 amide bonds. The van der Waals surface area contributed by atoms with Gasteiger partial charge >= 0.3 is 0 Å². The average Bonchev–Trinajstić information content (AvgIpc) is 2.10. The minimum atomic E-state index is -0.237. The molecule has 0 aliphatic rings.